The lowest BCUT2D eigenvalue weighted by atomic mass is 9.76. The van der Waals surface area contributed by atoms with E-state index in [-0.39, 0.29) is 0 Å². The van der Waals surface area contributed by atoms with Crippen LogP contribution in [0.1, 0.15) is 75.3 Å². The topological polar surface area (TPSA) is 32.3 Å². The molecule has 2 unspecified atom stereocenters. The van der Waals surface area contributed by atoms with Crippen molar-refractivity contribution in [2.24, 2.45) is 5.92 Å². The van der Waals surface area contributed by atoms with Crippen LogP contribution in [0.2, 0.25) is 0 Å². The summed E-state index contributed by atoms with van der Waals surface area (Å²) in [4.78, 5) is 0. The van der Waals surface area contributed by atoms with Gasteiger partial charge in [-0.2, -0.15) is 0 Å². The molecule has 0 heterocycles. The van der Waals surface area contributed by atoms with Gasteiger partial charge in [0.15, 0.2) is 0 Å². The molecule has 22 heavy (non-hydrogen) atoms. The summed E-state index contributed by atoms with van der Waals surface area (Å²) in [5.41, 5.74) is 2.85. The monoisotopic (exact) mass is 301 g/mol. The summed E-state index contributed by atoms with van der Waals surface area (Å²) in [6.07, 6.45) is 11.9. The Balaban J connectivity index is 1.66. The molecule has 1 saturated carbocycles. The fourth-order valence-corrected chi connectivity index (χ4v) is 4.52. The highest BCUT2D eigenvalue weighted by Crippen LogP contribution is 2.37. The van der Waals surface area contributed by atoms with Gasteiger partial charge in [-0.15, -0.1) is 0 Å². The van der Waals surface area contributed by atoms with E-state index in [1.165, 1.54) is 69.0 Å². The van der Waals surface area contributed by atoms with Crippen LogP contribution < -0.4 is 5.32 Å². The highest BCUT2D eigenvalue weighted by molar-refractivity contribution is 5.39. The lowest BCUT2D eigenvalue weighted by molar-refractivity contribution is 0.297. The highest BCUT2D eigenvalue weighted by Gasteiger charge is 2.29. The van der Waals surface area contributed by atoms with Crippen LogP contribution in [0.4, 0.5) is 0 Å². The van der Waals surface area contributed by atoms with Crippen LogP contribution in [-0.2, 0) is 6.42 Å². The maximum Gasteiger partial charge on any atom is 0.115 e. The molecule has 0 radical (unpaired) electrons. The van der Waals surface area contributed by atoms with Crippen LogP contribution >= 0.6 is 0 Å². The van der Waals surface area contributed by atoms with Crippen molar-refractivity contribution >= 4 is 0 Å². The summed E-state index contributed by atoms with van der Waals surface area (Å²) in [5.74, 6) is 1.94. The molecule has 0 aromatic heterocycles. The molecule has 1 aromatic rings. The summed E-state index contributed by atoms with van der Waals surface area (Å²) < 4.78 is 0. The standard InChI is InChI=1S/C20H31NO/c1-2-6-19-18-11-10-17(22)13-16(18)9-12-20(19)21-14-15-7-4-3-5-8-15/h10-11,13,15,19-22H,2-9,12,14H2,1H3. The number of phenolic OH excluding ortho intramolecular Hbond substituents is 1. The molecule has 2 N–H and O–H groups in total. The second-order valence-electron chi connectivity index (χ2n) is 7.34. The molecule has 0 bridgehead atoms. The predicted molar refractivity (Wildman–Crippen MR) is 92.4 cm³/mol. The number of phenols is 1. The van der Waals surface area contributed by atoms with Crippen molar-refractivity contribution in [3.8, 4) is 5.75 Å². The van der Waals surface area contributed by atoms with Crippen LogP contribution in [-0.4, -0.2) is 17.7 Å². The SMILES string of the molecule is CCCC1c2ccc(O)cc2CCC1NCC1CCCCC1. The average Bonchev–Trinajstić information content (AvgIpc) is 2.55. The van der Waals surface area contributed by atoms with Crippen molar-refractivity contribution < 1.29 is 5.11 Å². The number of nitrogens with one attached hydrogen (secondary N) is 1. The third kappa shape index (κ3) is 3.65. The molecule has 2 aliphatic rings. The lowest BCUT2D eigenvalue weighted by Crippen LogP contribution is -2.41. The van der Waals surface area contributed by atoms with Crippen molar-refractivity contribution in [3.63, 3.8) is 0 Å². The normalized spacial score (nSPS) is 25.9. The van der Waals surface area contributed by atoms with Crippen LogP contribution in [0, 0.1) is 5.92 Å². The molecule has 1 fully saturated rings. The molecule has 0 amide bonds. The minimum absolute atomic E-state index is 0.419. The zero-order chi connectivity index (χ0) is 15.4. The van der Waals surface area contributed by atoms with E-state index in [0.29, 0.717) is 17.7 Å². The zero-order valence-electron chi connectivity index (χ0n) is 14.0. The van der Waals surface area contributed by atoms with Crippen LogP contribution in [0.5, 0.6) is 5.75 Å². The summed E-state index contributed by atoms with van der Waals surface area (Å²) in [7, 11) is 0. The molecule has 0 spiro atoms. The minimum Gasteiger partial charge on any atom is -0.508 e. The number of aromatic hydroxyl groups is 1. The van der Waals surface area contributed by atoms with Crippen molar-refractivity contribution in [1.82, 2.24) is 5.32 Å². The van der Waals surface area contributed by atoms with E-state index >= 15 is 0 Å². The third-order valence-electron chi connectivity index (χ3n) is 5.73. The number of hydrogen-bond donors (Lipinski definition) is 2. The van der Waals surface area contributed by atoms with Gasteiger partial charge in [0.25, 0.3) is 0 Å². The van der Waals surface area contributed by atoms with Crippen molar-refractivity contribution in [3.05, 3.63) is 29.3 Å². The summed E-state index contributed by atoms with van der Waals surface area (Å²) in [5, 5.41) is 13.6. The van der Waals surface area contributed by atoms with Crippen molar-refractivity contribution in [2.75, 3.05) is 6.54 Å². The van der Waals surface area contributed by atoms with Gasteiger partial charge in [0.2, 0.25) is 0 Å². The van der Waals surface area contributed by atoms with E-state index in [1.807, 2.05) is 12.1 Å². The maximum absolute atomic E-state index is 9.73. The van der Waals surface area contributed by atoms with Gasteiger partial charge in [-0.25, -0.2) is 0 Å². The molecular formula is C20H31NO. The van der Waals surface area contributed by atoms with Gasteiger partial charge in [0.05, 0.1) is 0 Å². The first-order valence-electron chi connectivity index (χ1n) is 9.33. The molecular weight excluding hydrogens is 270 g/mol. The number of rotatable bonds is 5. The fourth-order valence-electron chi connectivity index (χ4n) is 4.52. The van der Waals surface area contributed by atoms with Gasteiger partial charge in [-0.3, -0.25) is 0 Å². The summed E-state index contributed by atoms with van der Waals surface area (Å²) in [6.45, 7) is 3.49. The Kier molecular flexibility index (Phi) is 5.41. The van der Waals surface area contributed by atoms with E-state index in [9.17, 15) is 5.11 Å². The molecule has 0 saturated heterocycles. The van der Waals surface area contributed by atoms with Crippen molar-refractivity contribution in [1.29, 1.82) is 0 Å². The average molecular weight is 301 g/mol. The Hall–Kier alpha value is -1.02. The van der Waals surface area contributed by atoms with Gasteiger partial charge in [0, 0.05) is 6.04 Å². The Bertz CT molecular complexity index is 479. The third-order valence-corrected chi connectivity index (χ3v) is 5.73. The zero-order valence-corrected chi connectivity index (χ0v) is 14.0. The first-order valence-corrected chi connectivity index (χ1v) is 9.33. The molecule has 2 atom stereocenters. The van der Waals surface area contributed by atoms with Gasteiger partial charge >= 0.3 is 0 Å². The fraction of sp³-hybridized carbons (Fsp3) is 0.700. The number of fused-ring (bicyclic) bond motifs is 1. The minimum atomic E-state index is 0.419. The Morgan fingerprint density at radius 2 is 1.95 bits per heavy atom. The smallest absolute Gasteiger partial charge is 0.115 e. The van der Waals surface area contributed by atoms with E-state index in [1.54, 1.807) is 0 Å². The number of aryl methyl sites for hydroxylation is 1. The predicted octanol–water partition coefficient (Wildman–Crippen LogP) is 4.76. The van der Waals surface area contributed by atoms with E-state index in [0.717, 1.165) is 12.3 Å². The van der Waals surface area contributed by atoms with E-state index < -0.39 is 0 Å². The van der Waals surface area contributed by atoms with Gasteiger partial charge < -0.3 is 10.4 Å². The number of benzene rings is 1. The molecule has 2 aliphatic carbocycles. The second kappa shape index (κ2) is 7.50. The summed E-state index contributed by atoms with van der Waals surface area (Å²) >= 11 is 0. The van der Waals surface area contributed by atoms with Crippen LogP contribution in [0.25, 0.3) is 0 Å². The molecule has 0 aliphatic heterocycles. The molecule has 122 valence electrons. The van der Waals surface area contributed by atoms with Gasteiger partial charge in [0.1, 0.15) is 5.75 Å². The Labute approximate surface area is 135 Å². The number of hydrogen-bond acceptors (Lipinski definition) is 2. The molecule has 2 heteroatoms. The quantitative estimate of drug-likeness (QED) is 0.821. The Morgan fingerprint density at radius 1 is 1.14 bits per heavy atom. The largest absolute Gasteiger partial charge is 0.508 e. The van der Waals surface area contributed by atoms with Gasteiger partial charge in [-0.05, 0) is 73.7 Å². The second-order valence-corrected chi connectivity index (χ2v) is 7.34. The lowest BCUT2D eigenvalue weighted by Gasteiger charge is -2.36. The Morgan fingerprint density at radius 3 is 2.73 bits per heavy atom. The van der Waals surface area contributed by atoms with Crippen LogP contribution in [0.3, 0.4) is 0 Å². The maximum atomic E-state index is 9.73. The van der Waals surface area contributed by atoms with E-state index in [4.69, 9.17) is 0 Å². The molecule has 1 aromatic carbocycles. The first-order chi connectivity index (χ1) is 10.8. The summed E-state index contributed by atoms with van der Waals surface area (Å²) in [6, 6.07) is 6.64. The van der Waals surface area contributed by atoms with Crippen molar-refractivity contribution in [2.45, 2.75) is 76.7 Å². The molecule has 2 nitrogen and oxygen atoms in total. The van der Waals surface area contributed by atoms with Crippen LogP contribution in [0.15, 0.2) is 18.2 Å². The van der Waals surface area contributed by atoms with Gasteiger partial charge in [-0.1, -0.05) is 38.7 Å². The highest BCUT2D eigenvalue weighted by atomic mass is 16.3. The van der Waals surface area contributed by atoms with E-state index in [2.05, 4.69) is 18.3 Å². The first kappa shape index (κ1) is 15.9. The molecule has 3 rings (SSSR count).